The molecule has 0 aromatic carbocycles. The van der Waals surface area contributed by atoms with Gasteiger partial charge in [-0.25, -0.2) is 0 Å². The number of rotatable bonds is 0. The molecular weight excluding hydrogens is 447 g/mol. The van der Waals surface area contributed by atoms with Crippen molar-refractivity contribution >= 4 is 0 Å². The van der Waals surface area contributed by atoms with Gasteiger partial charge in [0.25, 0.3) is 0 Å². The van der Waals surface area contributed by atoms with Crippen molar-refractivity contribution in [3.63, 3.8) is 0 Å². The molecule has 0 aromatic heterocycles. The van der Waals surface area contributed by atoms with Crippen molar-refractivity contribution in [2.75, 3.05) is 0 Å². The Bertz CT molecular complexity index is 7.51. The van der Waals surface area contributed by atoms with Crippen LogP contribution < -0.4 is 0 Å². The molecule has 0 unspecified atom stereocenters. The zero-order valence-corrected chi connectivity index (χ0v) is 7.56. The summed E-state index contributed by atoms with van der Waals surface area (Å²) in [6, 6.07) is 0. The van der Waals surface area contributed by atoms with Gasteiger partial charge < -0.3 is 21.9 Å². The van der Waals surface area contributed by atoms with Crippen LogP contribution in [0.1, 0.15) is 0 Å². The van der Waals surface area contributed by atoms with E-state index in [0.29, 0.717) is 0 Å². The second kappa shape index (κ2) is 111. The van der Waals surface area contributed by atoms with E-state index in [4.69, 9.17) is 0 Å². The van der Waals surface area contributed by atoms with Gasteiger partial charge in [-0.1, -0.05) is 0 Å². The molecule has 0 aliphatic carbocycles. The maximum atomic E-state index is 0. The Morgan fingerprint density at radius 2 is 0.500 bits per heavy atom. The van der Waals surface area contributed by atoms with Gasteiger partial charge in [-0.2, -0.15) is 0 Å². The molecule has 0 aliphatic rings. The molecule has 0 bridgehead atoms. The predicted octanol–water partition coefficient (Wildman–Crippen LogP) is -3.30. The van der Waals surface area contributed by atoms with Crippen LogP contribution in [0.2, 0.25) is 0 Å². The molecule has 4 nitrogen and oxygen atoms in total. The molecule has 0 amide bonds. The summed E-state index contributed by atoms with van der Waals surface area (Å²) in [6.45, 7) is 0. The summed E-state index contributed by atoms with van der Waals surface area (Å²) in [7, 11) is 0. The number of hydrogen-bond donors (Lipinski definition) is 0. The van der Waals surface area contributed by atoms with Crippen molar-refractivity contribution in [3.05, 3.63) is 0 Å². The maximum absolute atomic E-state index is 0. The molecule has 0 rings (SSSR count). The predicted molar refractivity (Wildman–Crippen MR) is 14.5 cm³/mol. The molecule has 0 saturated heterocycles. The fourth-order valence-electron chi connectivity index (χ4n) is 0. The zero-order chi connectivity index (χ0) is 0. The van der Waals surface area contributed by atoms with E-state index in [9.17, 15) is 0 Å². The van der Waals surface area contributed by atoms with Crippen molar-refractivity contribution in [1.82, 2.24) is 0 Å². The van der Waals surface area contributed by atoms with Crippen LogP contribution in [0.4, 0.5) is 0 Å². The average molecular weight is 455 g/mol. The van der Waals surface area contributed by atoms with Gasteiger partial charge in [-0.3, -0.25) is 0 Å². The summed E-state index contributed by atoms with van der Waals surface area (Å²) in [5.74, 6) is 0. The first-order valence-electron chi connectivity index (χ1n) is 0. The Kier molecular flexibility index (Phi) is 3390. The summed E-state index contributed by atoms with van der Waals surface area (Å²) in [5.41, 5.74) is 0. The standard InChI is InChI=1S/Au.4H2O.Re/h;4*1H2;. The van der Waals surface area contributed by atoms with Crippen LogP contribution in [-0.2, 0) is 42.8 Å². The smallest absolute Gasteiger partial charge is 0 e. The van der Waals surface area contributed by atoms with Crippen LogP contribution in [0.25, 0.3) is 0 Å². The molecular formula is H8AuO4Re. The molecule has 8 N–H and O–H groups in total. The fourth-order valence-corrected chi connectivity index (χ4v) is 0. The Labute approximate surface area is 64.7 Å². The molecule has 0 heterocycles. The summed E-state index contributed by atoms with van der Waals surface area (Å²) in [6.07, 6.45) is 0. The summed E-state index contributed by atoms with van der Waals surface area (Å²) >= 11 is 0. The molecule has 2 radical (unpaired) electrons. The largest absolute Gasteiger partial charge is 0.412 e. The van der Waals surface area contributed by atoms with Gasteiger partial charge in [0.05, 0.1) is 0 Å². The molecule has 0 aromatic rings. The Morgan fingerprint density at radius 3 is 0.500 bits per heavy atom. The van der Waals surface area contributed by atoms with Crippen LogP contribution >= 0.6 is 0 Å². The normalized spacial score (nSPS) is 0. The topological polar surface area (TPSA) is 126 Å². The second-order valence-electron chi connectivity index (χ2n) is 0. The van der Waals surface area contributed by atoms with E-state index in [-0.39, 0.29) is 64.7 Å². The molecule has 6 heteroatoms. The maximum Gasteiger partial charge on any atom is 0 e. The Morgan fingerprint density at radius 1 is 0.500 bits per heavy atom. The van der Waals surface area contributed by atoms with Crippen LogP contribution in [0.15, 0.2) is 0 Å². The van der Waals surface area contributed by atoms with Gasteiger partial charge in [0.1, 0.15) is 0 Å². The minimum Gasteiger partial charge on any atom is -0.412 e. The van der Waals surface area contributed by atoms with Gasteiger partial charge in [-0.15, -0.1) is 0 Å². The Hall–Kier alpha value is 1.24. The van der Waals surface area contributed by atoms with E-state index in [0.717, 1.165) is 0 Å². The van der Waals surface area contributed by atoms with Gasteiger partial charge in [-0.05, 0) is 0 Å². The minimum absolute atomic E-state index is 0. The van der Waals surface area contributed by atoms with E-state index in [1.54, 1.807) is 0 Å². The molecule has 0 aliphatic heterocycles. The van der Waals surface area contributed by atoms with E-state index in [1.807, 2.05) is 0 Å². The molecule has 0 saturated carbocycles. The van der Waals surface area contributed by atoms with E-state index < -0.39 is 0 Å². The summed E-state index contributed by atoms with van der Waals surface area (Å²) in [4.78, 5) is 0. The monoisotopic (exact) mass is 456 g/mol. The molecule has 0 fully saturated rings. The van der Waals surface area contributed by atoms with E-state index >= 15 is 0 Å². The third-order valence-electron chi connectivity index (χ3n) is 0. The Balaban J connectivity index is 0. The summed E-state index contributed by atoms with van der Waals surface area (Å²) in [5, 5.41) is 0. The van der Waals surface area contributed by atoms with Crippen molar-refractivity contribution in [2.45, 2.75) is 0 Å². The SMILES string of the molecule is O.O.O.O.[Au].[Re]. The first-order valence-corrected chi connectivity index (χ1v) is 0. The quantitative estimate of drug-likeness (QED) is 0.340. The fraction of sp³-hybridized carbons (Fsp3) is 0. The third kappa shape index (κ3) is 61.1. The van der Waals surface area contributed by atoms with Crippen LogP contribution in [-0.4, -0.2) is 21.9 Å². The van der Waals surface area contributed by atoms with Crippen molar-refractivity contribution in [2.24, 2.45) is 0 Å². The van der Waals surface area contributed by atoms with Crippen molar-refractivity contribution in [1.29, 1.82) is 0 Å². The third-order valence-corrected chi connectivity index (χ3v) is 0. The number of hydrogen-bond acceptors (Lipinski definition) is 0. The van der Waals surface area contributed by atoms with Crippen LogP contribution in [0.5, 0.6) is 0 Å². The van der Waals surface area contributed by atoms with Gasteiger partial charge in [0.2, 0.25) is 0 Å². The van der Waals surface area contributed by atoms with Gasteiger partial charge in [0, 0.05) is 42.8 Å². The second-order valence-corrected chi connectivity index (χ2v) is 0. The molecule has 0 spiro atoms. The summed E-state index contributed by atoms with van der Waals surface area (Å²) < 4.78 is 0. The van der Waals surface area contributed by atoms with E-state index in [1.165, 1.54) is 0 Å². The van der Waals surface area contributed by atoms with E-state index in [2.05, 4.69) is 0 Å². The molecule has 0 atom stereocenters. The first-order chi connectivity index (χ1) is 0. The van der Waals surface area contributed by atoms with Crippen LogP contribution in [0.3, 0.4) is 0 Å². The zero-order valence-electron chi connectivity index (χ0n) is 2.68. The molecule has 6 heavy (non-hydrogen) atoms. The van der Waals surface area contributed by atoms with Crippen molar-refractivity contribution < 1.29 is 64.7 Å². The minimum atomic E-state index is 0. The molecule has 50 valence electrons. The average Bonchev–Trinajstić information content (AvgIpc) is 0. The first kappa shape index (κ1) is 183. The van der Waals surface area contributed by atoms with Crippen LogP contribution in [0, 0.1) is 0 Å². The van der Waals surface area contributed by atoms with Crippen molar-refractivity contribution in [3.8, 4) is 0 Å². The van der Waals surface area contributed by atoms with Gasteiger partial charge >= 0.3 is 0 Å². The van der Waals surface area contributed by atoms with Gasteiger partial charge in [0.15, 0.2) is 0 Å².